The number of hydrogen-bond donors (Lipinski definition) is 0. The SMILES string of the molecule is CC(C)(C)OC(=O)N1CCCC1CB1OC(C)(C)C(C)(C)O1. The van der Waals surface area contributed by atoms with E-state index in [1.807, 2.05) is 53.4 Å². The van der Waals surface area contributed by atoms with E-state index in [1.54, 1.807) is 0 Å². The lowest BCUT2D eigenvalue weighted by Gasteiger charge is -2.32. The zero-order chi connectivity index (χ0) is 16.8. The standard InChI is InChI=1S/C16H30BNO4/c1-14(2,3)20-13(19)18-10-8-9-12(18)11-17-21-15(4,5)16(6,7)22-17/h12H,8-11H2,1-7H3. The van der Waals surface area contributed by atoms with E-state index in [0.29, 0.717) is 6.32 Å². The van der Waals surface area contributed by atoms with Gasteiger partial charge in [-0.15, -0.1) is 0 Å². The topological polar surface area (TPSA) is 48.0 Å². The highest BCUT2D eigenvalue weighted by atomic mass is 16.7. The third-order valence-electron chi connectivity index (χ3n) is 4.77. The minimum atomic E-state index is -0.464. The molecule has 0 spiro atoms. The fourth-order valence-corrected chi connectivity index (χ4v) is 2.93. The molecule has 0 radical (unpaired) electrons. The summed E-state index contributed by atoms with van der Waals surface area (Å²) >= 11 is 0. The smallest absolute Gasteiger partial charge is 0.444 e. The molecule has 0 aromatic carbocycles. The number of hydrogen-bond acceptors (Lipinski definition) is 4. The number of carbonyl (C=O) groups excluding carboxylic acids is 1. The third-order valence-corrected chi connectivity index (χ3v) is 4.77. The Morgan fingerprint density at radius 3 is 2.27 bits per heavy atom. The van der Waals surface area contributed by atoms with Gasteiger partial charge < -0.3 is 18.9 Å². The lowest BCUT2D eigenvalue weighted by molar-refractivity contribution is 0.00578. The molecule has 1 atom stereocenters. The molecule has 5 nitrogen and oxygen atoms in total. The van der Waals surface area contributed by atoms with E-state index in [2.05, 4.69) is 0 Å². The molecule has 2 fully saturated rings. The molecule has 6 heteroatoms. The van der Waals surface area contributed by atoms with E-state index in [0.717, 1.165) is 19.4 Å². The second-order valence-corrected chi connectivity index (χ2v) is 8.39. The van der Waals surface area contributed by atoms with Crippen molar-refractivity contribution in [1.29, 1.82) is 0 Å². The molecular weight excluding hydrogens is 281 g/mol. The molecule has 2 aliphatic heterocycles. The molecule has 0 N–H and O–H groups in total. The van der Waals surface area contributed by atoms with Gasteiger partial charge in [0.1, 0.15) is 5.60 Å². The van der Waals surface area contributed by atoms with Gasteiger partial charge in [0.15, 0.2) is 0 Å². The molecule has 1 unspecified atom stereocenters. The zero-order valence-electron chi connectivity index (χ0n) is 15.1. The van der Waals surface area contributed by atoms with Crippen molar-refractivity contribution in [3.63, 3.8) is 0 Å². The van der Waals surface area contributed by atoms with Crippen molar-refractivity contribution in [2.24, 2.45) is 0 Å². The number of carbonyl (C=O) groups is 1. The van der Waals surface area contributed by atoms with Crippen molar-refractivity contribution in [2.75, 3.05) is 6.54 Å². The van der Waals surface area contributed by atoms with Crippen molar-refractivity contribution in [3.8, 4) is 0 Å². The Labute approximate surface area is 134 Å². The maximum atomic E-state index is 12.3. The minimum Gasteiger partial charge on any atom is -0.444 e. The molecule has 2 aliphatic rings. The number of ether oxygens (including phenoxy) is 1. The summed E-state index contributed by atoms with van der Waals surface area (Å²) in [6, 6.07) is 0.129. The van der Waals surface area contributed by atoms with Crippen LogP contribution in [-0.4, -0.2) is 47.5 Å². The lowest BCUT2D eigenvalue weighted by atomic mass is 9.80. The Kier molecular flexibility index (Phi) is 4.57. The lowest BCUT2D eigenvalue weighted by Crippen LogP contribution is -2.41. The summed E-state index contributed by atoms with van der Waals surface area (Å²) < 4.78 is 17.6. The molecule has 0 aromatic heterocycles. The molecule has 22 heavy (non-hydrogen) atoms. The third kappa shape index (κ3) is 3.77. The van der Waals surface area contributed by atoms with E-state index in [4.69, 9.17) is 14.0 Å². The van der Waals surface area contributed by atoms with Gasteiger partial charge in [0.25, 0.3) is 0 Å². The molecular formula is C16H30BNO4. The zero-order valence-corrected chi connectivity index (χ0v) is 15.1. The van der Waals surface area contributed by atoms with Crippen molar-refractivity contribution in [2.45, 2.75) is 90.5 Å². The fraction of sp³-hybridized carbons (Fsp3) is 0.938. The largest absolute Gasteiger partial charge is 0.459 e. The van der Waals surface area contributed by atoms with Crippen molar-refractivity contribution in [1.82, 2.24) is 4.90 Å². The first-order chi connectivity index (χ1) is 9.91. The van der Waals surface area contributed by atoms with Crippen molar-refractivity contribution >= 4 is 13.2 Å². The van der Waals surface area contributed by atoms with Crippen LogP contribution in [0.4, 0.5) is 4.79 Å². The summed E-state index contributed by atoms with van der Waals surface area (Å²) in [6.45, 7) is 14.6. The van der Waals surface area contributed by atoms with Gasteiger partial charge >= 0.3 is 13.2 Å². The highest BCUT2D eigenvalue weighted by Gasteiger charge is 2.52. The molecule has 0 bridgehead atoms. The van der Waals surface area contributed by atoms with Gasteiger partial charge in [-0.25, -0.2) is 4.79 Å². The van der Waals surface area contributed by atoms with E-state index >= 15 is 0 Å². The van der Waals surface area contributed by atoms with Gasteiger partial charge in [0, 0.05) is 18.9 Å². The van der Waals surface area contributed by atoms with Crippen LogP contribution in [0.15, 0.2) is 0 Å². The molecule has 2 heterocycles. The van der Waals surface area contributed by atoms with Crippen LogP contribution in [0.5, 0.6) is 0 Å². The van der Waals surface area contributed by atoms with Crippen LogP contribution in [-0.2, 0) is 14.0 Å². The summed E-state index contributed by atoms with van der Waals surface area (Å²) in [5, 5.41) is 0. The van der Waals surface area contributed by atoms with E-state index in [-0.39, 0.29) is 30.5 Å². The maximum absolute atomic E-state index is 12.3. The fourth-order valence-electron chi connectivity index (χ4n) is 2.93. The van der Waals surface area contributed by atoms with Crippen molar-refractivity contribution in [3.05, 3.63) is 0 Å². The predicted molar refractivity (Wildman–Crippen MR) is 86.9 cm³/mol. The quantitative estimate of drug-likeness (QED) is 0.733. The Hall–Kier alpha value is -0.745. The number of amides is 1. The van der Waals surface area contributed by atoms with E-state index in [9.17, 15) is 4.79 Å². The second-order valence-electron chi connectivity index (χ2n) is 8.39. The van der Waals surface area contributed by atoms with Gasteiger partial charge in [-0.2, -0.15) is 0 Å². The van der Waals surface area contributed by atoms with Crippen LogP contribution in [0, 0.1) is 0 Å². The Balaban J connectivity index is 1.97. The van der Waals surface area contributed by atoms with Gasteiger partial charge in [0.05, 0.1) is 11.2 Å². The highest BCUT2D eigenvalue weighted by Crippen LogP contribution is 2.39. The average molecular weight is 311 g/mol. The van der Waals surface area contributed by atoms with Crippen LogP contribution >= 0.6 is 0 Å². The first-order valence-corrected chi connectivity index (χ1v) is 8.26. The highest BCUT2D eigenvalue weighted by molar-refractivity contribution is 6.45. The monoisotopic (exact) mass is 311 g/mol. The maximum Gasteiger partial charge on any atom is 0.459 e. The first-order valence-electron chi connectivity index (χ1n) is 8.26. The van der Waals surface area contributed by atoms with Crippen LogP contribution in [0.25, 0.3) is 0 Å². The van der Waals surface area contributed by atoms with Crippen LogP contribution < -0.4 is 0 Å². The van der Waals surface area contributed by atoms with Crippen LogP contribution in [0.3, 0.4) is 0 Å². The Morgan fingerprint density at radius 1 is 1.23 bits per heavy atom. The Bertz CT molecular complexity index is 414. The summed E-state index contributed by atoms with van der Waals surface area (Å²) in [6.07, 6.45) is 2.45. The van der Waals surface area contributed by atoms with Crippen LogP contribution in [0.2, 0.25) is 6.32 Å². The van der Waals surface area contributed by atoms with E-state index < -0.39 is 5.60 Å². The molecule has 0 saturated carbocycles. The van der Waals surface area contributed by atoms with E-state index in [1.165, 1.54) is 0 Å². The molecule has 2 rings (SSSR count). The molecule has 0 aromatic rings. The predicted octanol–water partition coefficient (Wildman–Crippen LogP) is 3.48. The summed E-state index contributed by atoms with van der Waals surface area (Å²) in [5.41, 5.74) is -1.12. The molecule has 1 amide bonds. The minimum absolute atomic E-state index is 0.129. The van der Waals surface area contributed by atoms with Crippen molar-refractivity contribution < 1.29 is 18.8 Å². The number of rotatable bonds is 2. The number of likely N-dealkylation sites (tertiary alicyclic amines) is 1. The van der Waals surface area contributed by atoms with Gasteiger partial charge in [-0.1, -0.05) is 0 Å². The average Bonchev–Trinajstić information content (AvgIpc) is 2.79. The second kappa shape index (κ2) is 5.71. The van der Waals surface area contributed by atoms with Gasteiger partial charge in [0.2, 0.25) is 0 Å². The normalized spacial score (nSPS) is 27.3. The molecule has 2 saturated heterocycles. The van der Waals surface area contributed by atoms with Gasteiger partial charge in [-0.3, -0.25) is 0 Å². The summed E-state index contributed by atoms with van der Waals surface area (Å²) in [7, 11) is -0.266. The molecule has 0 aliphatic carbocycles. The molecule has 126 valence electrons. The summed E-state index contributed by atoms with van der Waals surface area (Å²) in [5.74, 6) is 0. The Morgan fingerprint density at radius 2 is 1.77 bits per heavy atom. The van der Waals surface area contributed by atoms with Gasteiger partial charge in [-0.05, 0) is 61.3 Å². The number of nitrogens with zero attached hydrogens (tertiary/aromatic N) is 1. The first kappa shape index (κ1) is 17.6. The van der Waals surface area contributed by atoms with Crippen LogP contribution in [0.1, 0.15) is 61.3 Å². The summed E-state index contributed by atoms with van der Waals surface area (Å²) in [4.78, 5) is 14.2.